The Morgan fingerprint density at radius 2 is 1.90 bits per heavy atom. The normalized spacial score (nSPS) is 13.2. The number of alkyl halides is 1. The first-order valence-corrected chi connectivity index (χ1v) is 11.1. The van der Waals surface area contributed by atoms with Gasteiger partial charge in [0, 0.05) is 16.6 Å². The summed E-state index contributed by atoms with van der Waals surface area (Å²) in [4.78, 5) is 10.5. The minimum atomic E-state index is -1.70. The van der Waals surface area contributed by atoms with Crippen LogP contribution in [0.1, 0.15) is 32.4 Å². The first-order chi connectivity index (χ1) is 9.51. The van der Waals surface area contributed by atoms with E-state index in [-0.39, 0.29) is 16.7 Å². The summed E-state index contributed by atoms with van der Waals surface area (Å²) in [6.07, 6.45) is -0.0398. The van der Waals surface area contributed by atoms with Crippen LogP contribution in [0.2, 0.25) is 18.1 Å². The van der Waals surface area contributed by atoms with E-state index in [1.165, 1.54) is 6.07 Å². The SMILES string of the molecule is CC[Si](CC)(CC)OC(CI)c1cccc([N+](=O)[O-])c1. The zero-order chi connectivity index (χ0) is 15.2. The lowest BCUT2D eigenvalue weighted by atomic mass is 10.1. The quantitative estimate of drug-likeness (QED) is 0.198. The zero-order valence-corrected chi connectivity index (χ0v) is 15.4. The summed E-state index contributed by atoms with van der Waals surface area (Å²) in [6, 6.07) is 10.1. The lowest BCUT2D eigenvalue weighted by Gasteiger charge is -2.32. The molecule has 0 aromatic heterocycles. The number of hydrogen-bond donors (Lipinski definition) is 0. The molecular formula is C14H22INO3Si. The number of non-ortho nitro benzene ring substituents is 1. The highest BCUT2D eigenvalue weighted by Crippen LogP contribution is 2.32. The summed E-state index contributed by atoms with van der Waals surface area (Å²) in [5.74, 6) is 0. The zero-order valence-electron chi connectivity index (χ0n) is 12.3. The van der Waals surface area contributed by atoms with Gasteiger partial charge in [0.1, 0.15) is 0 Å². The molecule has 0 saturated carbocycles. The van der Waals surface area contributed by atoms with Crippen molar-refractivity contribution in [1.29, 1.82) is 0 Å². The van der Waals surface area contributed by atoms with E-state index in [2.05, 4.69) is 43.4 Å². The smallest absolute Gasteiger partial charge is 0.269 e. The second kappa shape index (κ2) is 8.09. The van der Waals surface area contributed by atoms with E-state index in [1.807, 2.05) is 6.07 Å². The predicted octanol–water partition coefficient (Wildman–Crippen LogP) is 5.09. The molecule has 1 aromatic rings. The highest BCUT2D eigenvalue weighted by molar-refractivity contribution is 14.1. The van der Waals surface area contributed by atoms with Gasteiger partial charge in [-0.3, -0.25) is 10.1 Å². The van der Waals surface area contributed by atoms with E-state index in [1.54, 1.807) is 12.1 Å². The third-order valence-corrected chi connectivity index (χ3v) is 9.37. The fourth-order valence-electron chi connectivity index (χ4n) is 2.33. The number of nitrogens with zero attached hydrogens (tertiary/aromatic N) is 1. The van der Waals surface area contributed by atoms with E-state index in [0.717, 1.165) is 28.1 Å². The summed E-state index contributed by atoms with van der Waals surface area (Å²) in [7, 11) is -1.70. The molecule has 0 radical (unpaired) electrons. The van der Waals surface area contributed by atoms with Crippen molar-refractivity contribution < 1.29 is 9.35 Å². The Kier molecular flexibility index (Phi) is 7.11. The summed E-state index contributed by atoms with van der Waals surface area (Å²) < 4.78 is 7.28. The highest BCUT2D eigenvalue weighted by Gasteiger charge is 2.32. The van der Waals surface area contributed by atoms with Gasteiger partial charge in [0.2, 0.25) is 0 Å². The Labute approximate surface area is 135 Å². The van der Waals surface area contributed by atoms with Gasteiger partial charge in [-0.2, -0.15) is 0 Å². The number of hydrogen-bond acceptors (Lipinski definition) is 3. The van der Waals surface area contributed by atoms with Crippen LogP contribution in [0.15, 0.2) is 24.3 Å². The Balaban J connectivity index is 3.01. The second-order valence-electron chi connectivity index (χ2n) is 4.86. The summed E-state index contributed by atoms with van der Waals surface area (Å²) in [6.45, 7) is 6.57. The van der Waals surface area contributed by atoms with Crippen LogP contribution in [0.3, 0.4) is 0 Å². The highest BCUT2D eigenvalue weighted by atomic mass is 127. The van der Waals surface area contributed by atoms with Crippen molar-refractivity contribution in [2.75, 3.05) is 4.43 Å². The van der Waals surface area contributed by atoms with Crippen molar-refractivity contribution in [3.63, 3.8) is 0 Å². The maximum absolute atomic E-state index is 10.9. The van der Waals surface area contributed by atoms with E-state index in [0.29, 0.717) is 0 Å². The van der Waals surface area contributed by atoms with Gasteiger partial charge in [-0.05, 0) is 23.7 Å². The van der Waals surface area contributed by atoms with Crippen molar-refractivity contribution in [2.24, 2.45) is 0 Å². The topological polar surface area (TPSA) is 52.4 Å². The number of halogens is 1. The van der Waals surface area contributed by atoms with Gasteiger partial charge in [0.15, 0.2) is 8.32 Å². The molecule has 112 valence electrons. The van der Waals surface area contributed by atoms with Crippen LogP contribution < -0.4 is 0 Å². The molecule has 0 amide bonds. The predicted molar refractivity (Wildman–Crippen MR) is 93.0 cm³/mol. The molecule has 20 heavy (non-hydrogen) atoms. The van der Waals surface area contributed by atoms with Crippen molar-refractivity contribution in [3.05, 3.63) is 39.9 Å². The number of benzene rings is 1. The van der Waals surface area contributed by atoms with E-state index in [9.17, 15) is 10.1 Å². The largest absolute Gasteiger partial charge is 0.409 e. The molecule has 6 heteroatoms. The average molecular weight is 407 g/mol. The van der Waals surface area contributed by atoms with Gasteiger partial charge in [0.05, 0.1) is 11.0 Å². The van der Waals surface area contributed by atoms with Gasteiger partial charge < -0.3 is 4.43 Å². The van der Waals surface area contributed by atoms with Crippen LogP contribution in [-0.2, 0) is 4.43 Å². The van der Waals surface area contributed by atoms with Crippen LogP contribution in [0.25, 0.3) is 0 Å². The molecule has 1 aromatic carbocycles. The third kappa shape index (κ3) is 4.26. The van der Waals surface area contributed by atoms with E-state index in [4.69, 9.17) is 4.43 Å². The van der Waals surface area contributed by atoms with Gasteiger partial charge in [-0.25, -0.2) is 0 Å². The molecule has 4 nitrogen and oxygen atoms in total. The average Bonchev–Trinajstić information content (AvgIpc) is 2.49. The van der Waals surface area contributed by atoms with Gasteiger partial charge in [-0.15, -0.1) is 0 Å². The molecular weight excluding hydrogens is 385 g/mol. The molecule has 0 bridgehead atoms. The Hall–Kier alpha value is -0.473. The maximum atomic E-state index is 10.9. The van der Waals surface area contributed by atoms with Gasteiger partial charge in [-0.1, -0.05) is 55.5 Å². The Bertz CT molecular complexity index is 444. The molecule has 0 spiro atoms. The Morgan fingerprint density at radius 3 is 2.35 bits per heavy atom. The fourth-order valence-corrected chi connectivity index (χ4v) is 6.18. The molecule has 0 saturated heterocycles. The molecule has 0 fully saturated rings. The lowest BCUT2D eigenvalue weighted by Crippen LogP contribution is -2.37. The van der Waals surface area contributed by atoms with E-state index < -0.39 is 8.32 Å². The Morgan fingerprint density at radius 1 is 1.30 bits per heavy atom. The monoisotopic (exact) mass is 407 g/mol. The second-order valence-corrected chi connectivity index (χ2v) is 10.5. The molecule has 1 unspecified atom stereocenters. The molecule has 0 aliphatic rings. The van der Waals surface area contributed by atoms with Crippen molar-refractivity contribution in [1.82, 2.24) is 0 Å². The molecule has 1 atom stereocenters. The first kappa shape index (κ1) is 17.6. The summed E-state index contributed by atoms with van der Waals surface area (Å²) in [5.41, 5.74) is 1.05. The lowest BCUT2D eigenvalue weighted by molar-refractivity contribution is -0.385. The number of nitro benzene ring substituents is 1. The summed E-state index contributed by atoms with van der Waals surface area (Å²) in [5, 5.41) is 10.9. The number of nitro groups is 1. The summed E-state index contributed by atoms with van der Waals surface area (Å²) >= 11 is 2.30. The number of rotatable bonds is 8. The minimum Gasteiger partial charge on any atom is -0.409 e. The fraction of sp³-hybridized carbons (Fsp3) is 0.571. The van der Waals surface area contributed by atoms with Crippen molar-refractivity contribution in [3.8, 4) is 0 Å². The standard InChI is InChI=1S/C14H22INO3Si/c1-4-20(5-2,6-3)19-14(11-15)12-8-7-9-13(10-12)16(17)18/h7-10,14H,4-6,11H2,1-3H3. The van der Waals surface area contributed by atoms with Crippen LogP contribution in [0.4, 0.5) is 5.69 Å². The van der Waals surface area contributed by atoms with E-state index >= 15 is 0 Å². The first-order valence-electron chi connectivity index (χ1n) is 7.00. The molecule has 0 N–H and O–H groups in total. The molecule has 1 rings (SSSR count). The third-order valence-electron chi connectivity index (χ3n) is 3.92. The minimum absolute atomic E-state index is 0.0398. The molecule has 0 aliphatic carbocycles. The van der Waals surface area contributed by atoms with Crippen LogP contribution in [-0.4, -0.2) is 17.7 Å². The van der Waals surface area contributed by atoms with Crippen molar-refractivity contribution >= 4 is 36.6 Å². The van der Waals surface area contributed by atoms with Crippen LogP contribution >= 0.6 is 22.6 Å². The molecule has 0 aliphatic heterocycles. The molecule has 0 heterocycles. The van der Waals surface area contributed by atoms with Crippen molar-refractivity contribution in [2.45, 2.75) is 45.0 Å². The van der Waals surface area contributed by atoms with Gasteiger partial charge in [0.25, 0.3) is 5.69 Å². The van der Waals surface area contributed by atoms with Crippen LogP contribution in [0.5, 0.6) is 0 Å². The maximum Gasteiger partial charge on any atom is 0.269 e. The van der Waals surface area contributed by atoms with Crippen LogP contribution in [0, 0.1) is 10.1 Å². The van der Waals surface area contributed by atoms with Gasteiger partial charge >= 0.3 is 0 Å².